The molecule has 2 nitrogen and oxygen atoms in total. The third-order valence-corrected chi connectivity index (χ3v) is 5.01. The normalized spacial score (nSPS) is 11.6. The number of allylic oxidation sites excluding steroid dienone is 1. The first kappa shape index (κ1) is 18.1. The molecule has 0 N–H and O–H groups in total. The van der Waals surface area contributed by atoms with Crippen LogP contribution in [-0.2, 0) is 6.42 Å². The summed E-state index contributed by atoms with van der Waals surface area (Å²) < 4.78 is 0. The van der Waals surface area contributed by atoms with Crippen molar-refractivity contribution in [2.45, 2.75) is 27.2 Å². The number of aryl methyl sites for hydroxylation is 1. The number of thiazole rings is 1. The lowest BCUT2D eigenvalue weighted by Gasteiger charge is -2.05. The van der Waals surface area contributed by atoms with E-state index in [0.29, 0.717) is 11.5 Å². The van der Waals surface area contributed by atoms with Gasteiger partial charge >= 0.3 is 0 Å². The molecule has 1 heterocycles. The summed E-state index contributed by atoms with van der Waals surface area (Å²) in [5, 5.41) is 12.3. The Kier molecular flexibility index (Phi) is 5.65. The van der Waals surface area contributed by atoms with E-state index in [-0.39, 0.29) is 0 Å². The van der Waals surface area contributed by atoms with Gasteiger partial charge in [-0.3, -0.25) is 0 Å². The molecule has 0 saturated heterocycles. The van der Waals surface area contributed by atoms with E-state index in [2.05, 4.69) is 56.1 Å². The van der Waals surface area contributed by atoms with Crippen molar-refractivity contribution in [3.05, 3.63) is 75.6 Å². The van der Waals surface area contributed by atoms with Crippen molar-refractivity contribution >= 4 is 23.0 Å². The number of benzene rings is 2. The van der Waals surface area contributed by atoms with Gasteiger partial charge in [0.15, 0.2) is 0 Å². The molecule has 0 radical (unpaired) electrons. The van der Waals surface area contributed by atoms with Crippen molar-refractivity contribution in [1.82, 2.24) is 4.98 Å². The third-order valence-electron chi connectivity index (χ3n) is 4.14. The minimum Gasteiger partial charge on any atom is -0.235 e. The summed E-state index contributed by atoms with van der Waals surface area (Å²) in [6.45, 7) is 6.51. The van der Waals surface area contributed by atoms with Crippen molar-refractivity contribution < 1.29 is 0 Å². The molecule has 3 rings (SSSR count). The number of hydrogen-bond acceptors (Lipinski definition) is 3. The first-order valence-electron chi connectivity index (χ1n) is 8.79. The smallest absolute Gasteiger partial charge is 0.134 e. The number of aromatic nitrogens is 1. The van der Waals surface area contributed by atoms with E-state index in [4.69, 9.17) is 0 Å². The minimum atomic E-state index is 0.599. The summed E-state index contributed by atoms with van der Waals surface area (Å²) in [5.41, 5.74) is 6.18. The average Bonchev–Trinajstić information content (AvgIpc) is 3.11. The summed E-state index contributed by atoms with van der Waals surface area (Å²) in [7, 11) is 0. The SMILES string of the molecule is Cc1ccc(C=C(C#N)c2nc(-c3ccc(CC(C)C)cc3)cs2)cc1. The lowest BCUT2D eigenvalue weighted by molar-refractivity contribution is 0.647. The molecule has 0 bridgehead atoms. The topological polar surface area (TPSA) is 36.7 Å². The van der Waals surface area contributed by atoms with Gasteiger partial charge in [-0.15, -0.1) is 11.3 Å². The second-order valence-electron chi connectivity index (χ2n) is 6.91. The van der Waals surface area contributed by atoms with Crippen LogP contribution in [0.15, 0.2) is 53.9 Å². The number of hydrogen-bond donors (Lipinski definition) is 0. The molecule has 0 aliphatic rings. The molecule has 0 amide bonds. The monoisotopic (exact) mass is 358 g/mol. The summed E-state index contributed by atoms with van der Waals surface area (Å²) in [6.07, 6.45) is 2.98. The Morgan fingerprint density at radius 3 is 2.42 bits per heavy atom. The van der Waals surface area contributed by atoms with E-state index in [1.165, 1.54) is 22.5 Å². The maximum atomic E-state index is 9.54. The molecule has 3 aromatic rings. The molecule has 0 spiro atoms. The van der Waals surface area contributed by atoms with Crippen LogP contribution in [0.1, 0.15) is 35.5 Å². The summed E-state index contributed by atoms with van der Waals surface area (Å²) in [4.78, 5) is 4.68. The summed E-state index contributed by atoms with van der Waals surface area (Å²) >= 11 is 1.51. The lowest BCUT2D eigenvalue weighted by atomic mass is 10.0. The second kappa shape index (κ2) is 8.12. The molecular formula is C23H22N2S. The quantitative estimate of drug-likeness (QED) is 0.496. The predicted octanol–water partition coefficient (Wildman–Crippen LogP) is 6.38. The van der Waals surface area contributed by atoms with E-state index in [1.54, 1.807) is 0 Å². The number of rotatable bonds is 5. The Balaban J connectivity index is 1.84. The highest BCUT2D eigenvalue weighted by Gasteiger charge is 2.09. The van der Waals surface area contributed by atoms with Crippen LogP contribution >= 0.6 is 11.3 Å². The van der Waals surface area contributed by atoms with Crippen LogP contribution < -0.4 is 0 Å². The Morgan fingerprint density at radius 1 is 1.12 bits per heavy atom. The van der Waals surface area contributed by atoms with E-state index in [1.807, 2.05) is 35.7 Å². The van der Waals surface area contributed by atoms with Crippen LogP contribution in [0.2, 0.25) is 0 Å². The van der Waals surface area contributed by atoms with Crippen LogP contribution in [-0.4, -0.2) is 4.98 Å². The molecule has 26 heavy (non-hydrogen) atoms. The van der Waals surface area contributed by atoms with Gasteiger partial charge in [-0.25, -0.2) is 4.98 Å². The molecule has 0 atom stereocenters. The van der Waals surface area contributed by atoms with Crippen LogP contribution in [0.3, 0.4) is 0 Å². The van der Waals surface area contributed by atoms with Gasteiger partial charge in [0.05, 0.1) is 11.3 Å². The van der Waals surface area contributed by atoms with Crippen molar-refractivity contribution in [3.8, 4) is 17.3 Å². The molecule has 130 valence electrons. The standard InChI is InChI=1S/C23H22N2S/c1-16(2)12-18-8-10-20(11-9-18)22-15-26-23(25-22)21(14-24)13-19-6-4-17(3)5-7-19/h4-11,13,15-16H,12H2,1-3H3. The molecule has 0 unspecified atom stereocenters. The van der Waals surface area contributed by atoms with Crippen molar-refractivity contribution in [2.24, 2.45) is 5.92 Å². The van der Waals surface area contributed by atoms with Crippen LogP contribution in [0, 0.1) is 24.2 Å². The molecule has 0 aliphatic carbocycles. The van der Waals surface area contributed by atoms with Gasteiger partial charge in [0, 0.05) is 10.9 Å². The fourth-order valence-corrected chi connectivity index (χ4v) is 3.58. The highest BCUT2D eigenvalue weighted by atomic mass is 32.1. The fraction of sp³-hybridized carbons (Fsp3) is 0.217. The molecule has 0 saturated carbocycles. The van der Waals surface area contributed by atoms with Crippen molar-refractivity contribution in [2.75, 3.05) is 0 Å². The zero-order valence-electron chi connectivity index (χ0n) is 15.4. The predicted molar refractivity (Wildman–Crippen MR) is 111 cm³/mol. The van der Waals surface area contributed by atoms with Crippen LogP contribution in [0.25, 0.3) is 22.9 Å². The van der Waals surface area contributed by atoms with Crippen molar-refractivity contribution in [3.63, 3.8) is 0 Å². The fourth-order valence-electron chi connectivity index (χ4n) is 2.78. The number of nitriles is 1. The molecule has 0 aliphatic heterocycles. The van der Waals surface area contributed by atoms with Crippen LogP contribution in [0.5, 0.6) is 0 Å². The molecule has 2 aromatic carbocycles. The second-order valence-corrected chi connectivity index (χ2v) is 7.77. The zero-order valence-corrected chi connectivity index (χ0v) is 16.2. The van der Waals surface area contributed by atoms with Gasteiger partial charge in [0.2, 0.25) is 0 Å². The highest BCUT2D eigenvalue weighted by Crippen LogP contribution is 2.27. The van der Waals surface area contributed by atoms with Gasteiger partial charge < -0.3 is 0 Å². The molecule has 3 heteroatoms. The summed E-state index contributed by atoms with van der Waals surface area (Å²) in [5.74, 6) is 0.650. The molecule has 1 aromatic heterocycles. The van der Waals surface area contributed by atoms with Gasteiger partial charge in [0.25, 0.3) is 0 Å². The molecule has 0 fully saturated rings. The minimum absolute atomic E-state index is 0.599. The van der Waals surface area contributed by atoms with Gasteiger partial charge in [-0.05, 0) is 36.5 Å². The first-order chi connectivity index (χ1) is 12.5. The maximum Gasteiger partial charge on any atom is 0.134 e. The Labute approximate surface area is 159 Å². The average molecular weight is 359 g/mol. The highest BCUT2D eigenvalue weighted by molar-refractivity contribution is 7.11. The Bertz CT molecular complexity index is 939. The van der Waals surface area contributed by atoms with Crippen molar-refractivity contribution in [1.29, 1.82) is 5.26 Å². The zero-order chi connectivity index (χ0) is 18.5. The van der Waals surface area contributed by atoms with Gasteiger partial charge in [0.1, 0.15) is 11.1 Å². The van der Waals surface area contributed by atoms with E-state index < -0.39 is 0 Å². The molecular weight excluding hydrogens is 336 g/mol. The van der Waals surface area contributed by atoms with E-state index in [0.717, 1.165) is 28.2 Å². The maximum absolute atomic E-state index is 9.54. The largest absolute Gasteiger partial charge is 0.235 e. The lowest BCUT2D eigenvalue weighted by Crippen LogP contribution is -1.93. The van der Waals surface area contributed by atoms with Gasteiger partial charge in [-0.1, -0.05) is 67.9 Å². The third kappa shape index (κ3) is 4.47. The van der Waals surface area contributed by atoms with Crippen LogP contribution in [0.4, 0.5) is 0 Å². The van der Waals surface area contributed by atoms with Gasteiger partial charge in [-0.2, -0.15) is 5.26 Å². The number of nitrogens with zero attached hydrogens (tertiary/aromatic N) is 2. The Morgan fingerprint density at radius 2 is 1.81 bits per heavy atom. The van der Waals surface area contributed by atoms with E-state index >= 15 is 0 Å². The summed E-state index contributed by atoms with van der Waals surface area (Å²) in [6, 6.07) is 19.0. The Hall–Kier alpha value is -2.70. The van der Waals surface area contributed by atoms with E-state index in [9.17, 15) is 5.26 Å². The first-order valence-corrected chi connectivity index (χ1v) is 9.67.